The zero-order valence-electron chi connectivity index (χ0n) is 16.7. The molecule has 1 aromatic heterocycles. The number of benzene rings is 2. The van der Waals surface area contributed by atoms with Crippen LogP contribution >= 0.6 is 11.3 Å². The third-order valence-corrected chi connectivity index (χ3v) is 5.42. The van der Waals surface area contributed by atoms with Crippen molar-refractivity contribution in [3.8, 4) is 0 Å². The van der Waals surface area contributed by atoms with Gasteiger partial charge < -0.3 is 10.6 Å². The van der Waals surface area contributed by atoms with Gasteiger partial charge in [-0.05, 0) is 61.6 Å². The monoisotopic (exact) mass is 404 g/mol. The Morgan fingerprint density at radius 2 is 1.76 bits per heavy atom. The van der Waals surface area contributed by atoms with Crippen LogP contribution in [0.2, 0.25) is 0 Å². The summed E-state index contributed by atoms with van der Waals surface area (Å²) in [5.74, 6) is -0.641. The molecule has 2 N–H and O–H groups in total. The first-order valence-corrected chi connectivity index (χ1v) is 10.3. The van der Waals surface area contributed by atoms with Gasteiger partial charge in [0.2, 0.25) is 0 Å². The van der Waals surface area contributed by atoms with Gasteiger partial charge in [0.05, 0.1) is 6.04 Å². The number of carbonyl (C=O) groups is 2. The maximum atomic E-state index is 13.0. The van der Waals surface area contributed by atoms with E-state index in [0.29, 0.717) is 5.56 Å². The second kappa shape index (κ2) is 9.34. The van der Waals surface area contributed by atoms with Crippen molar-refractivity contribution in [2.24, 2.45) is 0 Å². The summed E-state index contributed by atoms with van der Waals surface area (Å²) in [5.41, 5.74) is 4.07. The molecule has 2 amide bonds. The predicted octanol–water partition coefficient (Wildman–Crippen LogP) is 5.01. The van der Waals surface area contributed by atoms with Crippen LogP contribution in [0.1, 0.15) is 44.9 Å². The summed E-state index contributed by atoms with van der Waals surface area (Å²) in [4.78, 5) is 26.5. The van der Waals surface area contributed by atoms with Crippen LogP contribution in [0.3, 0.4) is 0 Å². The number of nitrogens with one attached hydrogen (secondary N) is 2. The first-order valence-electron chi connectivity index (χ1n) is 9.43. The van der Waals surface area contributed by atoms with Gasteiger partial charge in [-0.15, -0.1) is 11.3 Å². The molecule has 0 radical (unpaired) electrons. The maximum Gasteiger partial charge on any atom is 0.268 e. The van der Waals surface area contributed by atoms with Crippen molar-refractivity contribution in [1.29, 1.82) is 0 Å². The summed E-state index contributed by atoms with van der Waals surface area (Å²) in [6.07, 6.45) is 1.70. The third-order valence-electron chi connectivity index (χ3n) is 4.60. The molecular formula is C24H24N2O2S. The third kappa shape index (κ3) is 5.42. The highest BCUT2D eigenvalue weighted by Crippen LogP contribution is 2.20. The number of carbonyl (C=O) groups excluding carboxylic acids is 2. The topological polar surface area (TPSA) is 58.2 Å². The Bertz CT molecular complexity index is 1020. The molecule has 0 fully saturated rings. The molecule has 3 rings (SSSR count). The van der Waals surface area contributed by atoms with Gasteiger partial charge in [0, 0.05) is 10.4 Å². The van der Waals surface area contributed by atoms with Gasteiger partial charge in [-0.1, -0.05) is 48.0 Å². The van der Waals surface area contributed by atoms with Crippen molar-refractivity contribution in [3.63, 3.8) is 0 Å². The second-order valence-electron chi connectivity index (χ2n) is 6.95. The second-order valence-corrected chi connectivity index (χ2v) is 7.93. The molecular weight excluding hydrogens is 380 g/mol. The summed E-state index contributed by atoms with van der Waals surface area (Å²) in [6, 6.07) is 18.6. The number of hydrogen-bond donors (Lipinski definition) is 2. The Hall–Kier alpha value is -3.18. The first-order chi connectivity index (χ1) is 13.9. The number of aryl methyl sites for hydroxylation is 2. The molecule has 0 spiro atoms. The van der Waals surface area contributed by atoms with Gasteiger partial charge in [-0.25, -0.2) is 0 Å². The number of amides is 2. The molecule has 1 heterocycles. The first kappa shape index (κ1) is 20.6. The SMILES string of the molecule is Cc1ccc(C(C)NC(=O)/C(=C/c2cccs2)NC(=O)c2ccccc2)c(C)c1. The fourth-order valence-corrected chi connectivity index (χ4v) is 3.78. The number of rotatable bonds is 6. The highest BCUT2D eigenvalue weighted by molar-refractivity contribution is 7.10. The molecule has 0 aliphatic heterocycles. The van der Waals surface area contributed by atoms with Gasteiger partial charge in [0.1, 0.15) is 5.70 Å². The minimum absolute atomic E-state index is 0.191. The van der Waals surface area contributed by atoms with Crippen LogP contribution in [0.15, 0.2) is 71.7 Å². The Morgan fingerprint density at radius 3 is 2.41 bits per heavy atom. The molecule has 0 saturated carbocycles. The lowest BCUT2D eigenvalue weighted by molar-refractivity contribution is -0.118. The molecule has 1 atom stereocenters. The van der Waals surface area contributed by atoms with Gasteiger partial charge in [-0.3, -0.25) is 9.59 Å². The fourth-order valence-electron chi connectivity index (χ4n) is 3.12. The number of thiophene rings is 1. The molecule has 0 bridgehead atoms. The minimum Gasteiger partial charge on any atom is -0.344 e. The van der Waals surface area contributed by atoms with Gasteiger partial charge >= 0.3 is 0 Å². The molecule has 148 valence electrons. The van der Waals surface area contributed by atoms with Crippen LogP contribution in [0.5, 0.6) is 0 Å². The molecule has 29 heavy (non-hydrogen) atoms. The van der Waals surface area contributed by atoms with Gasteiger partial charge in [-0.2, -0.15) is 0 Å². The summed E-state index contributed by atoms with van der Waals surface area (Å²) < 4.78 is 0. The average molecular weight is 405 g/mol. The van der Waals surface area contributed by atoms with E-state index in [4.69, 9.17) is 0 Å². The molecule has 4 nitrogen and oxygen atoms in total. The van der Waals surface area contributed by atoms with Crippen LogP contribution in [0, 0.1) is 13.8 Å². The average Bonchev–Trinajstić information content (AvgIpc) is 3.21. The van der Waals surface area contributed by atoms with E-state index in [9.17, 15) is 9.59 Å². The van der Waals surface area contributed by atoms with Gasteiger partial charge in [0.25, 0.3) is 11.8 Å². The Morgan fingerprint density at radius 1 is 1.00 bits per heavy atom. The summed E-state index contributed by atoms with van der Waals surface area (Å²) in [5, 5.41) is 7.71. The van der Waals surface area contributed by atoms with Crippen molar-refractivity contribution in [2.75, 3.05) is 0 Å². The molecule has 0 aliphatic carbocycles. The van der Waals surface area contributed by atoms with E-state index < -0.39 is 0 Å². The van der Waals surface area contributed by atoms with E-state index in [1.807, 2.05) is 56.5 Å². The smallest absolute Gasteiger partial charge is 0.268 e. The van der Waals surface area contributed by atoms with Crippen molar-refractivity contribution in [3.05, 3.63) is 98.9 Å². The van der Waals surface area contributed by atoms with Crippen molar-refractivity contribution >= 4 is 29.2 Å². The van der Waals surface area contributed by atoms with Crippen molar-refractivity contribution in [1.82, 2.24) is 10.6 Å². The van der Waals surface area contributed by atoms with Crippen LogP contribution < -0.4 is 10.6 Å². The standard InChI is InChI=1S/C24H24N2O2S/c1-16-11-12-21(17(2)14-16)18(3)25-24(28)22(15-20-10-7-13-29-20)26-23(27)19-8-5-4-6-9-19/h4-15,18H,1-3H3,(H,25,28)(H,26,27)/b22-15-. The van der Waals surface area contributed by atoms with Crippen LogP contribution in [-0.4, -0.2) is 11.8 Å². The molecule has 0 aliphatic rings. The largest absolute Gasteiger partial charge is 0.344 e. The lowest BCUT2D eigenvalue weighted by atomic mass is 10.0. The summed E-state index contributed by atoms with van der Waals surface area (Å²) >= 11 is 1.50. The summed E-state index contributed by atoms with van der Waals surface area (Å²) in [7, 11) is 0. The van der Waals surface area contributed by atoms with E-state index in [0.717, 1.165) is 16.0 Å². The molecule has 2 aromatic carbocycles. The molecule has 0 saturated heterocycles. The van der Waals surface area contributed by atoms with E-state index in [1.165, 1.54) is 16.9 Å². The van der Waals surface area contributed by atoms with Crippen LogP contribution in [0.4, 0.5) is 0 Å². The van der Waals surface area contributed by atoms with Gasteiger partial charge in [0.15, 0.2) is 0 Å². The van der Waals surface area contributed by atoms with E-state index in [1.54, 1.807) is 30.3 Å². The van der Waals surface area contributed by atoms with E-state index in [2.05, 4.69) is 16.7 Å². The predicted molar refractivity (Wildman–Crippen MR) is 119 cm³/mol. The Labute approximate surface area is 175 Å². The zero-order chi connectivity index (χ0) is 20.8. The quantitative estimate of drug-likeness (QED) is 0.567. The Balaban J connectivity index is 1.81. The molecule has 1 unspecified atom stereocenters. The maximum absolute atomic E-state index is 13.0. The lowest BCUT2D eigenvalue weighted by Crippen LogP contribution is -2.36. The highest BCUT2D eigenvalue weighted by Gasteiger charge is 2.18. The van der Waals surface area contributed by atoms with Crippen molar-refractivity contribution < 1.29 is 9.59 Å². The van der Waals surface area contributed by atoms with Crippen LogP contribution in [0.25, 0.3) is 6.08 Å². The fraction of sp³-hybridized carbons (Fsp3) is 0.167. The molecule has 5 heteroatoms. The van der Waals surface area contributed by atoms with Crippen LogP contribution in [-0.2, 0) is 4.79 Å². The zero-order valence-corrected chi connectivity index (χ0v) is 17.5. The molecule has 3 aromatic rings. The Kier molecular flexibility index (Phi) is 6.62. The lowest BCUT2D eigenvalue weighted by Gasteiger charge is -2.18. The van der Waals surface area contributed by atoms with E-state index >= 15 is 0 Å². The van der Waals surface area contributed by atoms with E-state index in [-0.39, 0.29) is 23.6 Å². The minimum atomic E-state index is -0.324. The normalized spacial score (nSPS) is 12.3. The summed E-state index contributed by atoms with van der Waals surface area (Å²) in [6.45, 7) is 6.02. The highest BCUT2D eigenvalue weighted by atomic mass is 32.1. The number of hydrogen-bond acceptors (Lipinski definition) is 3. The van der Waals surface area contributed by atoms with Crippen molar-refractivity contribution in [2.45, 2.75) is 26.8 Å².